The molecule has 8 nitrogen and oxygen atoms in total. The SMILES string of the molecule is CN(C)c1ccc(C(=O)OCC(=O)N[C@H]2CCCc3ccccc32)cc1[N+](=O)[O-]. The summed E-state index contributed by atoms with van der Waals surface area (Å²) < 4.78 is 5.07. The van der Waals surface area contributed by atoms with Gasteiger partial charge in [-0.2, -0.15) is 0 Å². The van der Waals surface area contributed by atoms with E-state index >= 15 is 0 Å². The Morgan fingerprint density at radius 3 is 2.72 bits per heavy atom. The van der Waals surface area contributed by atoms with Crippen molar-refractivity contribution < 1.29 is 19.2 Å². The zero-order chi connectivity index (χ0) is 21.0. The van der Waals surface area contributed by atoms with Crippen LogP contribution in [0.3, 0.4) is 0 Å². The Balaban J connectivity index is 1.62. The van der Waals surface area contributed by atoms with E-state index in [2.05, 4.69) is 11.4 Å². The van der Waals surface area contributed by atoms with E-state index in [4.69, 9.17) is 4.74 Å². The van der Waals surface area contributed by atoms with Crippen molar-refractivity contribution in [2.75, 3.05) is 25.6 Å². The highest BCUT2D eigenvalue weighted by Crippen LogP contribution is 2.30. The molecule has 0 aromatic heterocycles. The maximum Gasteiger partial charge on any atom is 0.338 e. The molecule has 1 atom stereocenters. The fourth-order valence-corrected chi connectivity index (χ4v) is 3.53. The lowest BCUT2D eigenvalue weighted by Crippen LogP contribution is -2.34. The molecule has 0 aliphatic heterocycles. The molecule has 0 fully saturated rings. The molecule has 0 heterocycles. The number of aryl methyl sites for hydroxylation is 1. The van der Waals surface area contributed by atoms with Gasteiger partial charge in [-0.1, -0.05) is 24.3 Å². The molecule has 8 heteroatoms. The van der Waals surface area contributed by atoms with Crippen molar-refractivity contribution in [1.29, 1.82) is 0 Å². The van der Waals surface area contributed by atoms with E-state index in [0.29, 0.717) is 5.69 Å². The monoisotopic (exact) mass is 397 g/mol. The van der Waals surface area contributed by atoms with Gasteiger partial charge in [0, 0.05) is 20.2 Å². The molecule has 0 spiro atoms. The molecule has 0 bridgehead atoms. The minimum absolute atomic E-state index is 0.0260. The smallest absolute Gasteiger partial charge is 0.338 e. The summed E-state index contributed by atoms with van der Waals surface area (Å²) in [5.41, 5.74) is 2.51. The van der Waals surface area contributed by atoms with Gasteiger partial charge in [0.25, 0.3) is 11.6 Å². The van der Waals surface area contributed by atoms with Crippen LogP contribution in [0.1, 0.15) is 40.4 Å². The molecular weight excluding hydrogens is 374 g/mol. The van der Waals surface area contributed by atoms with Gasteiger partial charge in [-0.25, -0.2) is 4.79 Å². The first-order valence-corrected chi connectivity index (χ1v) is 9.37. The lowest BCUT2D eigenvalue weighted by atomic mass is 9.88. The fraction of sp³-hybridized carbons (Fsp3) is 0.333. The van der Waals surface area contributed by atoms with E-state index < -0.39 is 23.4 Å². The van der Waals surface area contributed by atoms with Gasteiger partial charge in [0.15, 0.2) is 6.61 Å². The highest BCUT2D eigenvalue weighted by atomic mass is 16.6. The summed E-state index contributed by atoms with van der Waals surface area (Å²) in [6, 6.07) is 11.9. The van der Waals surface area contributed by atoms with E-state index in [1.165, 1.54) is 17.7 Å². The van der Waals surface area contributed by atoms with Crippen LogP contribution < -0.4 is 10.2 Å². The van der Waals surface area contributed by atoms with E-state index in [1.54, 1.807) is 19.0 Å². The van der Waals surface area contributed by atoms with Crippen LogP contribution in [-0.2, 0) is 16.0 Å². The molecule has 1 aliphatic carbocycles. The Morgan fingerprint density at radius 1 is 1.24 bits per heavy atom. The zero-order valence-electron chi connectivity index (χ0n) is 16.4. The molecular formula is C21H23N3O5. The topological polar surface area (TPSA) is 102 Å². The van der Waals surface area contributed by atoms with Crippen LogP contribution in [0.2, 0.25) is 0 Å². The van der Waals surface area contributed by atoms with Crippen LogP contribution in [0.5, 0.6) is 0 Å². The Morgan fingerprint density at radius 2 is 2.00 bits per heavy atom. The van der Waals surface area contributed by atoms with Gasteiger partial charge < -0.3 is 15.0 Å². The standard InChI is InChI=1S/C21H23N3O5/c1-23(2)18-11-10-15(12-19(18)24(27)28)21(26)29-13-20(25)22-17-9-5-7-14-6-3-4-8-16(14)17/h3-4,6,8,10-12,17H,5,7,9,13H2,1-2H3,(H,22,25)/t17-/m0/s1. The normalized spacial score (nSPS) is 15.2. The molecule has 0 radical (unpaired) electrons. The van der Waals surface area contributed by atoms with E-state index in [-0.39, 0.29) is 17.3 Å². The first-order chi connectivity index (χ1) is 13.9. The number of nitro benzene ring substituents is 1. The third-order valence-corrected chi connectivity index (χ3v) is 4.93. The van der Waals surface area contributed by atoms with Crippen LogP contribution >= 0.6 is 0 Å². The van der Waals surface area contributed by atoms with Crippen molar-refractivity contribution >= 4 is 23.3 Å². The number of anilines is 1. The number of rotatable bonds is 6. The molecule has 1 amide bonds. The number of nitro groups is 1. The molecule has 1 N–H and O–H groups in total. The Kier molecular flexibility index (Phi) is 6.11. The van der Waals surface area contributed by atoms with Crippen molar-refractivity contribution in [3.8, 4) is 0 Å². The van der Waals surface area contributed by atoms with Crippen molar-refractivity contribution in [3.05, 3.63) is 69.3 Å². The van der Waals surface area contributed by atoms with E-state index in [1.807, 2.05) is 18.2 Å². The number of ether oxygens (including phenoxy) is 1. The first kappa shape index (κ1) is 20.3. The number of nitrogens with one attached hydrogen (secondary N) is 1. The number of fused-ring (bicyclic) bond motifs is 1. The quantitative estimate of drug-likeness (QED) is 0.457. The highest BCUT2D eigenvalue weighted by molar-refractivity contribution is 5.93. The predicted octanol–water partition coefficient (Wildman–Crippen LogP) is 3.01. The van der Waals surface area contributed by atoms with Crippen LogP contribution in [0.15, 0.2) is 42.5 Å². The second-order valence-electron chi connectivity index (χ2n) is 7.14. The Bertz CT molecular complexity index is 942. The van der Waals surface area contributed by atoms with Gasteiger partial charge in [-0.3, -0.25) is 14.9 Å². The van der Waals surface area contributed by atoms with Crippen LogP contribution in [0, 0.1) is 10.1 Å². The second-order valence-corrected chi connectivity index (χ2v) is 7.14. The number of hydrogen-bond acceptors (Lipinski definition) is 6. The Hall–Kier alpha value is -3.42. The number of esters is 1. The minimum atomic E-state index is -0.780. The van der Waals surface area contributed by atoms with E-state index in [0.717, 1.165) is 30.9 Å². The second kappa shape index (κ2) is 8.72. The summed E-state index contributed by atoms with van der Waals surface area (Å²) in [6.45, 7) is -0.444. The van der Waals surface area contributed by atoms with Gasteiger partial charge in [0.2, 0.25) is 0 Å². The summed E-state index contributed by atoms with van der Waals surface area (Å²) in [5, 5.41) is 14.2. The summed E-state index contributed by atoms with van der Waals surface area (Å²) in [5.74, 6) is -1.18. The average Bonchev–Trinajstić information content (AvgIpc) is 2.71. The third kappa shape index (κ3) is 4.71. The number of nitrogens with zero attached hydrogens (tertiary/aromatic N) is 2. The van der Waals surface area contributed by atoms with Crippen molar-refractivity contribution in [2.45, 2.75) is 25.3 Å². The summed E-state index contributed by atoms with van der Waals surface area (Å²) >= 11 is 0. The van der Waals surface area contributed by atoms with Crippen LogP contribution in [-0.4, -0.2) is 37.5 Å². The van der Waals surface area contributed by atoms with Gasteiger partial charge in [0.05, 0.1) is 16.5 Å². The van der Waals surface area contributed by atoms with Gasteiger partial charge in [-0.05, 0) is 42.5 Å². The Labute approximate surface area is 168 Å². The van der Waals surface area contributed by atoms with Gasteiger partial charge >= 0.3 is 5.97 Å². The molecule has 2 aromatic carbocycles. The van der Waals surface area contributed by atoms with Crippen LogP contribution in [0.4, 0.5) is 11.4 Å². The van der Waals surface area contributed by atoms with Crippen molar-refractivity contribution in [3.63, 3.8) is 0 Å². The highest BCUT2D eigenvalue weighted by Gasteiger charge is 2.23. The predicted molar refractivity (Wildman–Crippen MR) is 108 cm³/mol. The summed E-state index contributed by atoms with van der Waals surface area (Å²) in [4.78, 5) is 36.8. The number of amides is 1. The first-order valence-electron chi connectivity index (χ1n) is 9.37. The van der Waals surface area contributed by atoms with E-state index in [9.17, 15) is 19.7 Å². The van der Waals surface area contributed by atoms with Gasteiger partial charge in [0.1, 0.15) is 5.69 Å². The molecule has 29 heavy (non-hydrogen) atoms. The van der Waals surface area contributed by atoms with Crippen molar-refractivity contribution in [2.24, 2.45) is 0 Å². The zero-order valence-corrected chi connectivity index (χ0v) is 16.4. The third-order valence-electron chi connectivity index (χ3n) is 4.93. The minimum Gasteiger partial charge on any atom is -0.452 e. The number of hydrogen-bond donors (Lipinski definition) is 1. The molecule has 0 unspecified atom stereocenters. The van der Waals surface area contributed by atoms with Gasteiger partial charge in [-0.15, -0.1) is 0 Å². The summed E-state index contributed by atoms with van der Waals surface area (Å²) in [7, 11) is 3.35. The lowest BCUT2D eigenvalue weighted by Gasteiger charge is -2.26. The number of benzene rings is 2. The molecule has 3 rings (SSSR count). The maximum absolute atomic E-state index is 12.3. The molecule has 2 aromatic rings. The average molecular weight is 397 g/mol. The fourth-order valence-electron chi connectivity index (χ4n) is 3.53. The largest absolute Gasteiger partial charge is 0.452 e. The molecule has 1 aliphatic rings. The molecule has 152 valence electrons. The molecule has 0 saturated heterocycles. The number of carbonyl (C=O) groups is 2. The lowest BCUT2D eigenvalue weighted by molar-refractivity contribution is -0.384. The maximum atomic E-state index is 12.3. The van der Waals surface area contributed by atoms with Crippen molar-refractivity contribution in [1.82, 2.24) is 5.32 Å². The van der Waals surface area contributed by atoms with Crippen LogP contribution in [0.25, 0.3) is 0 Å². The number of carbonyl (C=O) groups excluding carboxylic acids is 2. The molecule has 0 saturated carbocycles. The summed E-state index contributed by atoms with van der Waals surface area (Å²) in [6.07, 6.45) is 2.79.